The Labute approximate surface area is 160 Å². The molecule has 0 saturated heterocycles. The molecular weight excluding hydrogens is 364 g/mol. The smallest absolute Gasteiger partial charge is 0.296 e. The number of rotatable bonds is 4. The predicted octanol–water partition coefficient (Wildman–Crippen LogP) is 3.69. The number of ether oxygens (including phenoxy) is 3. The van der Waals surface area contributed by atoms with Gasteiger partial charge in [0.1, 0.15) is 17.0 Å². The van der Waals surface area contributed by atoms with Crippen molar-refractivity contribution < 1.29 is 23.9 Å². The quantitative estimate of drug-likeness (QED) is 0.639. The van der Waals surface area contributed by atoms with Crippen LogP contribution in [0.1, 0.15) is 25.0 Å². The molecule has 0 aromatic heterocycles. The minimum absolute atomic E-state index is 0.0459. The second-order valence-electron chi connectivity index (χ2n) is 7.12. The van der Waals surface area contributed by atoms with Gasteiger partial charge in [0.2, 0.25) is 12.7 Å². The van der Waals surface area contributed by atoms with E-state index in [9.17, 15) is 14.9 Å². The molecule has 2 aromatic rings. The van der Waals surface area contributed by atoms with Gasteiger partial charge in [-0.2, -0.15) is 0 Å². The van der Waals surface area contributed by atoms with E-state index in [1.54, 1.807) is 24.3 Å². The Bertz CT molecular complexity index is 1010. The number of nitrogens with one attached hydrogen (secondary N) is 1. The van der Waals surface area contributed by atoms with Crippen molar-refractivity contribution in [2.45, 2.75) is 25.9 Å². The molecule has 2 aliphatic heterocycles. The number of anilines is 1. The molecule has 0 saturated carbocycles. The monoisotopic (exact) mass is 382 g/mol. The zero-order chi connectivity index (χ0) is 19.9. The number of carbonyl (C=O) groups excluding carboxylic acids is 1. The summed E-state index contributed by atoms with van der Waals surface area (Å²) in [4.78, 5) is 23.4. The highest BCUT2D eigenvalue weighted by molar-refractivity contribution is 5.95. The lowest BCUT2D eigenvalue weighted by molar-refractivity contribution is -0.384. The largest absolute Gasteiger partial charge is 0.483 e. The molecule has 2 aliphatic rings. The summed E-state index contributed by atoms with van der Waals surface area (Å²) in [6.07, 6.45) is 3.74. The van der Waals surface area contributed by atoms with Crippen LogP contribution in [0.4, 0.5) is 11.4 Å². The van der Waals surface area contributed by atoms with E-state index in [0.29, 0.717) is 28.4 Å². The Balaban J connectivity index is 1.57. The summed E-state index contributed by atoms with van der Waals surface area (Å²) in [7, 11) is 0. The molecule has 28 heavy (non-hydrogen) atoms. The Morgan fingerprint density at radius 2 is 1.96 bits per heavy atom. The first-order valence-electron chi connectivity index (χ1n) is 8.70. The lowest BCUT2D eigenvalue weighted by Crippen LogP contribution is -2.27. The molecule has 0 atom stereocenters. The number of nitro groups is 1. The fourth-order valence-electron chi connectivity index (χ4n) is 3.09. The van der Waals surface area contributed by atoms with E-state index in [1.165, 1.54) is 6.07 Å². The lowest BCUT2D eigenvalue weighted by atomic mass is 10.0. The third-order valence-corrected chi connectivity index (χ3v) is 4.44. The topological polar surface area (TPSA) is 99.9 Å². The molecule has 2 aromatic carbocycles. The molecule has 0 aliphatic carbocycles. The summed E-state index contributed by atoms with van der Waals surface area (Å²) in [6, 6.07) is 8.11. The highest BCUT2D eigenvalue weighted by Crippen LogP contribution is 2.38. The molecule has 144 valence electrons. The lowest BCUT2D eigenvalue weighted by Gasteiger charge is -2.28. The van der Waals surface area contributed by atoms with Gasteiger partial charge in [-0.1, -0.05) is 12.1 Å². The summed E-state index contributed by atoms with van der Waals surface area (Å²) in [6.45, 7) is 3.87. The van der Waals surface area contributed by atoms with Crippen molar-refractivity contribution in [3.05, 3.63) is 57.6 Å². The summed E-state index contributed by atoms with van der Waals surface area (Å²) in [5.74, 6) is 1.25. The molecule has 0 fully saturated rings. The second-order valence-corrected chi connectivity index (χ2v) is 7.12. The van der Waals surface area contributed by atoms with Crippen LogP contribution >= 0.6 is 0 Å². The number of fused-ring (bicyclic) bond motifs is 2. The number of nitro benzene ring substituents is 1. The van der Waals surface area contributed by atoms with Gasteiger partial charge in [-0.25, -0.2) is 0 Å². The highest BCUT2D eigenvalue weighted by atomic mass is 16.7. The van der Waals surface area contributed by atoms with Crippen LogP contribution in [-0.2, 0) is 11.2 Å². The number of amides is 1. The minimum Gasteiger partial charge on any atom is -0.483 e. The maximum Gasteiger partial charge on any atom is 0.296 e. The van der Waals surface area contributed by atoms with E-state index in [0.717, 1.165) is 0 Å². The van der Waals surface area contributed by atoms with Crippen molar-refractivity contribution in [3.63, 3.8) is 0 Å². The van der Waals surface area contributed by atoms with E-state index < -0.39 is 10.5 Å². The first kappa shape index (κ1) is 17.8. The van der Waals surface area contributed by atoms with Crippen molar-refractivity contribution >= 4 is 23.4 Å². The summed E-state index contributed by atoms with van der Waals surface area (Å²) >= 11 is 0. The molecule has 8 heteroatoms. The van der Waals surface area contributed by atoms with Gasteiger partial charge in [0, 0.05) is 5.56 Å². The predicted molar refractivity (Wildman–Crippen MR) is 102 cm³/mol. The van der Waals surface area contributed by atoms with Crippen LogP contribution < -0.4 is 19.5 Å². The molecule has 2 heterocycles. The van der Waals surface area contributed by atoms with Crippen molar-refractivity contribution in [3.8, 4) is 17.2 Å². The molecule has 4 rings (SSSR count). The maximum atomic E-state index is 12.5. The number of hydrogen-bond acceptors (Lipinski definition) is 6. The van der Waals surface area contributed by atoms with Gasteiger partial charge in [0.15, 0.2) is 11.5 Å². The Hall–Kier alpha value is -3.55. The maximum absolute atomic E-state index is 12.5. The summed E-state index contributed by atoms with van der Waals surface area (Å²) in [5, 5.41) is 14.1. The SMILES string of the molecule is CC1(C)C=Cc2cc(NC(=O)Cc3ccc4c(c3)OCO4)c([N+](=O)[O-])cc2O1. The Kier molecular flexibility index (Phi) is 4.18. The van der Waals surface area contributed by atoms with Gasteiger partial charge < -0.3 is 19.5 Å². The molecule has 8 nitrogen and oxygen atoms in total. The van der Waals surface area contributed by atoms with Gasteiger partial charge in [-0.05, 0) is 43.7 Å². The van der Waals surface area contributed by atoms with Gasteiger partial charge in [0.25, 0.3) is 5.69 Å². The first-order chi connectivity index (χ1) is 13.3. The van der Waals surface area contributed by atoms with Crippen LogP contribution in [-0.4, -0.2) is 23.2 Å². The molecule has 0 unspecified atom stereocenters. The summed E-state index contributed by atoms with van der Waals surface area (Å²) in [5.41, 5.74) is 0.743. The van der Waals surface area contributed by atoms with E-state index in [4.69, 9.17) is 14.2 Å². The number of benzene rings is 2. The van der Waals surface area contributed by atoms with Gasteiger partial charge in [-0.3, -0.25) is 14.9 Å². The molecule has 0 spiro atoms. The highest BCUT2D eigenvalue weighted by Gasteiger charge is 2.27. The normalized spacial score (nSPS) is 15.5. The Morgan fingerprint density at radius 1 is 1.18 bits per heavy atom. The third-order valence-electron chi connectivity index (χ3n) is 4.44. The number of nitrogens with zero attached hydrogens (tertiary/aromatic N) is 1. The van der Waals surface area contributed by atoms with Crippen LogP contribution in [0.3, 0.4) is 0 Å². The standard InChI is InChI=1S/C20H18N2O6/c1-20(2)6-5-13-9-14(15(22(24)25)10-17(13)28-20)21-19(23)8-12-3-4-16-18(7-12)27-11-26-16/h3-7,9-10H,8,11H2,1-2H3,(H,21,23). The summed E-state index contributed by atoms with van der Waals surface area (Å²) < 4.78 is 16.3. The third kappa shape index (κ3) is 3.48. The van der Waals surface area contributed by atoms with E-state index in [2.05, 4.69) is 5.32 Å². The van der Waals surface area contributed by atoms with Crippen molar-refractivity contribution in [2.75, 3.05) is 12.1 Å². The van der Waals surface area contributed by atoms with Crippen LogP contribution in [0.5, 0.6) is 17.2 Å². The molecule has 0 radical (unpaired) electrons. The van der Waals surface area contributed by atoms with Gasteiger partial charge in [-0.15, -0.1) is 0 Å². The number of carbonyl (C=O) groups is 1. The zero-order valence-electron chi connectivity index (χ0n) is 15.4. The van der Waals surface area contributed by atoms with E-state index >= 15 is 0 Å². The van der Waals surface area contributed by atoms with Crippen molar-refractivity contribution in [2.24, 2.45) is 0 Å². The van der Waals surface area contributed by atoms with Gasteiger partial charge in [0.05, 0.1) is 17.4 Å². The van der Waals surface area contributed by atoms with Crippen LogP contribution in [0.15, 0.2) is 36.4 Å². The zero-order valence-corrected chi connectivity index (χ0v) is 15.4. The second kappa shape index (κ2) is 6.56. The fraction of sp³-hybridized carbons (Fsp3) is 0.250. The molecular formula is C20H18N2O6. The van der Waals surface area contributed by atoms with Gasteiger partial charge >= 0.3 is 0 Å². The minimum atomic E-state index is -0.551. The van der Waals surface area contributed by atoms with Crippen LogP contribution in [0.25, 0.3) is 6.08 Å². The molecule has 1 amide bonds. The Morgan fingerprint density at radius 3 is 2.75 bits per heavy atom. The van der Waals surface area contributed by atoms with Crippen LogP contribution in [0, 0.1) is 10.1 Å². The van der Waals surface area contributed by atoms with E-state index in [-0.39, 0.29) is 30.5 Å². The number of hydrogen-bond donors (Lipinski definition) is 1. The average Bonchev–Trinajstić information content (AvgIpc) is 3.08. The van der Waals surface area contributed by atoms with Crippen LogP contribution in [0.2, 0.25) is 0 Å². The first-order valence-corrected chi connectivity index (χ1v) is 8.70. The van der Waals surface area contributed by atoms with Crippen molar-refractivity contribution in [1.29, 1.82) is 0 Å². The van der Waals surface area contributed by atoms with E-state index in [1.807, 2.05) is 26.0 Å². The molecule has 0 bridgehead atoms. The average molecular weight is 382 g/mol. The molecule has 1 N–H and O–H groups in total. The fourth-order valence-corrected chi connectivity index (χ4v) is 3.09. The van der Waals surface area contributed by atoms with Crippen molar-refractivity contribution in [1.82, 2.24) is 0 Å².